The van der Waals surface area contributed by atoms with Crippen molar-refractivity contribution < 1.29 is 0 Å². The van der Waals surface area contributed by atoms with E-state index in [-0.39, 0.29) is 0 Å². The lowest BCUT2D eigenvalue weighted by atomic mass is 10.1. The molecule has 0 aliphatic rings. The first kappa shape index (κ1) is 15.8. The van der Waals surface area contributed by atoms with Gasteiger partial charge >= 0.3 is 0 Å². The van der Waals surface area contributed by atoms with E-state index in [0.717, 1.165) is 23.4 Å². The van der Waals surface area contributed by atoms with E-state index in [9.17, 15) is 5.26 Å². The summed E-state index contributed by atoms with van der Waals surface area (Å²) in [5.41, 5.74) is 4.83. The molecule has 2 aromatic heterocycles. The molecule has 0 spiro atoms. The van der Waals surface area contributed by atoms with Gasteiger partial charge in [0.2, 0.25) is 0 Å². The maximum Gasteiger partial charge on any atom is 0.144 e. The first-order valence-electron chi connectivity index (χ1n) is 7.81. The highest BCUT2D eigenvalue weighted by Crippen LogP contribution is 2.18. The number of aryl methyl sites for hydroxylation is 2. The standard InChI is InChI=1S/C19H19N5/c1-14-9-15(2)23-19(18(14)10-20)22-11-16-3-5-17(6-4-16)12-24-8-7-21-13-24/h3-9,13H,11-12H2,1-2H3,(H,22,23). The fraction of sp³-hybridized carbons (Fsp3) is 0.211. The Kier molecular flexibility index (Phi) is 4.57. The zero-order chi connectivity index (χ0) is 16.9. The number of hydrogen-bond acceptors (Lipinski definition) is 4. The summed E-state index contributed by atoms with van der Waals surface area (Å²) in [7, 11) is 0. The number of aromatic nitrogens is 3. The number of nitrogens with one attached hydrogen (secondary N) is 1. The first-order valence-corrected chi connectivity index (χ1v) is 7.81. The van der Waals surface area contributed by atoms with E-state index in [2.05, 4.69) is 45.6 Å². The molecular weight excluding hydrogens is 298 g/mol. The Morgan fingerprint density at radius 3 is 2.58 bits per heavy atom. The zero-order valence-corrected chi connectivity index (χ0v) is 13.8. The highest BCUT2D eigenvalue weighted by molar-refractivity contribution is 5.56. The number of rotatable bonds is 5. The Bertz CT molecular complexity index is 858. The van der Waals surface area contributed by atoms with Gasteiger partial charge in [-0.3, -0.25) is 0 Å². The summed E-state index contributed by atoms with van der Waals surface area (Å²) in [6.45, 7) is 5.31. The third-order valence-electron chi connectivity index (χ3n) is 3.86. The third-order valence-corrected chi connectivity index (χ3v) is 3.86. The number of benzene rings is 1. The van der Waals surface area contributed by atoms with Crippen LogP contribution in [-0.4, -0.2) is 14.5 Å². The lowest BCUT2D eigenvalue weighted by molar-refractivity contribution is 0.797. The van der Waals surface area contributed by atoms with Crippen molar-refractivity contribution in [2.75, 3.05) is 5.32 Å². The second-order valence-corrected chi connectivity index (χ2v) is 5.82. The molecule has 0 aliphatic carbocycles. The molecule has 1 aromatic carbocycles. The molecule has 1 N–H and O–H groups in total. The Hall–Kier alpha value is -3.13. The molecular formula is C19H19N5. The van der Waals surface area contributed by atoms with Gasteiger partial charge in [-0.2, -0.15) is 5.26 Å². The molecule has 3 rings (SSSR count). The van der Waals surface area contributed by atoms with Crippen LogP contribution in [0.25, 0.3) is 0 Å². The van der Waals surface area contributed by atoms with Crippen molar-refractivity contribution in [2.24, 2.45) is 0 Å². The van der Waals surface area contributed by atoms with Crippen LogP contribution in [0.2, 0.25) is 0 Å². The Labute approximate surface area is 141 Å². The van der Waals surface area contributed by atoms with Gasteiger partial charge in [-0.25, -0.2) is 9.97 Å². The summed E-state index contributed by atoms with van der Waals surface area (Å²) < 4.78 is 2.03. The monoisotopic (exact) mass is 317 g/mol. The highest BCUT2D eigenvalue weighted by atomic mass is 15.0. The average Bonchev–Trinajstić information content (AvgIpc) is 3.07. The average molecular weight is 317 g/mol. The van der Waals surface area contributed by atoms with E-state index in [1.165, 1.54) is 5.56 Å². The number of anilines is 1. The number of pyridine rings is 1. The van der Waals surface area contributed by atoms with Crippen LogP contribution in [0.5, 0.6) is 0 Å². The molecule has 5 heteroatoms. The van der Waals surface area contributed by atoms with Crippen LogP contribution >= 0.6 is 0 Å². The molecule has 0 aliphatic heterocycles. The second kappa shape index (κ2) is 6.97. The quantitative estimate of drug-likeness (QED) is 0.783. The van der Waals surface area contributed by atoms with Gasteiger partial charge in [-0.15, -0.1) is 0 Å². The third kappa shape index (κ3) is 3.61. The maximum atomic E-state index is 9.31. The van der Waals surface area contributed by atoms with E-state index in [1.54, 1.807) is 6.20 Å². The van der Waals surface area contributed by atoms with Crippen LogP contribution < -0.4 is 5.32 Å². The van der Waals surface area contributed by atoms with Gasteiger partial charge in [-0.05, 0) is 36.6 Å². The number of nitriles is 1. The van der Waals surface area contributed by atoms with Crippen LogP contribution in [0.1, 0.15) is 27.9 Å². The van der Waals surface area contributed by atoms with Crippen molar-refractivity contribution in [3.05, 3.63) is 77.0 Å². The van der Waals surface area contributed by atoms with Crippen molar-refractivity contribution in [3.8, 4) is 6.07 Å². The molecule has 0 atom stereocenters. The minimum absolute atomic E-state index is 0.609. The first-order chi connectivity index (χ1) is 11.7. The number of imidazole rings is 1. The van der Waals surface area contributed by atoms with E-state index in [1.807, 2.05) is 37.0 Å². The van der Waals surface area contributed by atoms with E-state index >= 15 is 0 Å². The largest absolute Gasteiger partial charge is 0.365 e. The molecule has 0 saturated heterocycles. The summed E-state index contributed by atoms with van der Waals surface area (Å²) in [5.74, 6) is 0.650. The second-order valence-electron chi connectivity index (χ2n) is 5.82. The summed E-state index contributed by atoms with van der Waals surface area (Å²) in [4.78, 5) is 8.49. The fourth-order valence-electron chi connectivity index (χ4n) is 2.65. The normalized spacial score (nSPS) is 10.4. The molecule has 0 bridgehead atoms. The minimum Gasteiger partial charge on any atom is -0.365 e. The maximum absolute atomic E-state index is 9.31. The van der Waals surface area contributed by atoms with Gasteiger partial charge in [0.05, 0.1) is 11.9 Å². The smallest absolute Gasteiger partial charge is 0.144 e. The highest BCUT2D eigenvalue weighted by Gasteiger charge is 2.08. The van der Waals surface area contributed by atoms with Crippen LogP contribution in [-0.2, 0) is 13.1 Å². The Morgan fingerprint density at radius 2 is 1.92 bits per heavy atom. The van der Waals surface area contributed by atoms with Gasteiger partial charge in [0.1, 0.15) is 11.9 Å². The van der Waals surface area contributed by atoms with Crippen LogP contribution in [0.15, 0.2) is 49.1 Å². The molecule has 0 saturated carbocycles. The van der Waals surface area contributed by atoms with Gasteiger partial charge in [-0.1, -0.05) is 24.3 Å². The Balaban J connectivity index is 1.68. The predicted octanol–water partition coefficient (Wildman–Crippen LogP) is 3.43. The predicted molar refractivity (Wildman–Crippen MR) is 93.5 cm³/mol. The minimum atomic E-state index is 0.609. The summed E-state index contributed by atoms with van der Waals surface area (Å²) in [6.07, 6.45) is 5.54. The Morgan fingerprint density at radius 1 is 1.17 bits per heavy atom. The topological polar surface area (TPSA) is 66.5 Å². The van der Waals surface area contributed by atoms with Gasteiger partial charge in [0.25, 0.3) is 0 Å². The van der Waals surface area contributed by atoms with E-state index < -0.39 is 0 Å². The van der Waals surface area contributed by atoms with Gasteiger partial charge < -0.3 is 9.88 Å². The molecule has 0 amide bonds. The lowest BCUT2D eigenvalue weighted by Gasteiger charge is -2.11. The molecule has 3 aromatic rings. The molecule has 0 fully saturated rings. The zero-order valence-electron chi connectivity index (χ0n) is 13.8. The molecule has 120 valence electrons. The van der Waals surface area contributed by atoms with E-state index in [0.29, 0.717) is 17.9 Å². The number of nitrogens with zero attached hydrogens (tertiary/aromatic N) is 4. The summed E-state index contributed by atoms with van der Waals surface area (Å²) >= 11 is 0. The molecule has 0 radical (unpaired) electrons. The molecule has 0 unspecified atom stereocenters. The van der Waals surface area contributed by atoms with Crippen LogP contribution in [0.4, 0.5) is 5.82 Å². The SMILES string of the molecule is Cc1cc(C)c(C#N)c(NCc2ccc(Cn3ccnc3)cc2)n1. The molecule has 24 heavy (non-hydrogen) atoms. The van der Waals surface area contributed by atoms with E-state index in [4.69, 9.17) is 0 Å². The van der Waals surface area contributed by atoms with Crippen molar-refractivity contribution in [3.63, 3.8) is 0 Å². The fourth-order valence-corrected chi connectivity index (χ4v) is 2.65. The number of hydrogen-bond donors (Lipinski definition) is 1. The van der Waals surface area contributed by atoms with Crippen LogP contribution in [0.3, 0.4) is 0 Å². The van der Waals surface area contributed by atoms with Gasteiger partial charge in [0, 0.05) is 31.2 Å². The molecule has 2 heterocycles. The lowest BCUT2D eigenvalue weighted by Crippen LogP contribution is -2.06. The van der Waals surface area contributed by atoms with Crippen molar-refractivity contribution >= 4 is 5.82 Å². The van der Waals surface area contributed by atoms with Crippen LogP contribution in [0, 0.1) is 25.2 Å². The van der Waals surface area contributed by atoms with Crippen molar-refractivity contribution in [1.29, 1.82) is 5.26 Å². The van der Waals surface area contributed by atoms with Crippen molar-refractivity contribution in [2.45, 2.75) is 26.9 Å². The molecule has 5 nitrogen and oxygen atoms in total. The van der Waals surface area contributed by atoms with Crippen molar-refractivity contribution in [1.82, 2.24) is 14.5 Å². The van der Waals surface area contributed by atoms with Gasteiger partial charge in [0.15, 0.2) is 0 Å². The summed E-state index contributed by atoms with van der Waals surface area (Å²) in [6, 6.07) is 12.6. The summed E-state index contributed by atoms with van der Waals surface area (Å²) in [5, 5.41) is 12.6.